The number of benzene rings is 1. The number of carbonyl (C=O) groups is 1. The Kier molecular flexibility index (Phi) is 5.53. The van der Waals surface area contributed by atoms with E-state index in [1.165, 1.54) is 0 Å². The topological polar surface area (TPSA) is 66.9 Å². The van der Waals surface area contributed by atoms with E-state index in [0.29, 0.717) is 45.0 Å². The third-order valence-corrected chi connectivity index (χ3v) is 6.52. The highest BCUT2D eigenvalue weighted by atomic mass is 32.2. The van der Waals surface area contributed by atoms with E-state index in [9.17, 15) is 13.2 Å². The smallest absolute Gasteiger partial charge is 0.254 e. The van der Waals surface area contributed by atoms with E-state index in [0.717, 1.165) is 25.7 Å². The molecule has 2 heterocycles. The molecule has 6 nitrogen and oxygen atoms in total. The Morgan fingerprint density at radius 2 is 1.46 bits per heavy atom. The summed E-state index contributed by atoms with van der Waals surface area (Å²) in [5.41, 5.74) is 0.520. The van der Waals surface area contributed by atoms with Crippen molar-refractivity contribution in [1.29, 1.82) is 0 Å². The van der Waals surface area contributed by atoms with Gasteiger partial charge in [-0.2, -0.15) is 4.31 Å². The zero-order valence-corrected chi connectivity index (χ0v) is 14.6. The van der Waals surface area contributed by atoms with Crippen LogP contribution in [-0.4, -0.2) is 62.9 Å². The van der Waals surface area contributed by atoms with E-state index in [1.54, 1.807) is 33.5 Å². The number of morpholine rings is 1. The fourth-order valence-electron chi connectivity index (χ4n) is 3.15. The summed E-state index contributed by atoms with van der Waals surface area (Å²) in [5.74, 6) is -0.0722. The maximum Gasteiger partial charge on any atom is 0.254 e. The molecule has 2 fully saturated rings. The summed E-state index contributed by atoms with van der Waals surface area (Å²) in [5, 5.41) is 0. The van der Waals surface area contributed by atoms with Gasteiger partial charge in [-0.1, -0.05) is 12.8 Å². The van der Waals surface area contributed by atoms with Gasteiger partial charge in [0.2, 0.25) is 10.0 Å². The van der Waals surface area contributed by atoms with Gasteiger partial charge in [-0.3, -0.25) is 4.79 Å². The van der Waals surface area contributed by atoms with Crippen molar-refractivity contribution in [3.8, 4) is 0 Å². The number of carbonyl (C=O) groups excluding carboxylic acids is 1. The van der Waals surface area contributed by atoms with E-state index < -0.39 is 10.0 Å². The number of amides is 1. The molecule has 2 saturated heterocycles. The zero-order valence-electron chi connectivity index (χ0n) is 13.8. The lowest BCUT2D eigenvalue weighted by atomic mass is 10.2. The van der Waals surface area contributed by atoms with Crippen molar-refractivity contribution in [2.24, 2.45) is 0 Å². The molecule has 0 N–H and O–H groups in total. The van der Waals surface area contributed by atoms with Gasteiger partial charge in [0.25, 0.3) is 5.91 Å². The second-order valence-corrected chi connectivity index (χ2v) is 8.19. The molecule has 2 aliphatic rings. The fourth-order valence-corrected chi connectivity index (χ4v) is 4.67. The average molecular weight is 352 g/mol. The van der Waals surface area contributed by atoms with Crippen LogP contribution in [0.1, 0.15) is 36.0 Å². The van der Waals surface area contributed by atoms with Crippen LogP contribution in [0.5, 0.6) is 0 Å². The lowest BCUT2D eigenvalue weighted by Gasteiger charge is -2.27. The van der Waals surface area contributed by atoms with Gasteiger partial charge in [-0.25, -0.2) is 8.42 Å². The third kappa shape index (κ3) is 3.79. The van der Waals surface area contributed by atoms with Crippen molar-refractivity contribution < 1.29 is 17.9 Å². The molecule has 1 aromatic rings. The normalized spacial score (nSPS) is 20.6. The van der Waals surface area contributed by atoms with Gasteiger partial charge in [-0.05, 0) is 37.1 Å². The van der Waals surface area contributed by atoms with Crippen molar-refractivity contribution in [2.45, 2.75) is 30.6 Å². The maximum absolute atomic E-state index is 12.7. The second-order valence-electron chi connectivity index (χ2n) is 6.25. The highest BCUT2D eigenvalue weighted by Gasteiger charge is 2.26. The second kappa shape index (κ2) is 7.63. The van der Waals surface area contributed by atoms with Crippen molar-refractivity contribution in [3.05, 3.63) is 29.8 Å². The van der Waals surface area contributed by atoms with Crippen molar-refractivity contribution in [3.63, 3.8) is 0 Å². The molecule has 0 saturated carbocycles. The van der Waals surface area contributed by atoms with Gasteiger partial charge in [0.15, 0.2) is 0 Å². The number of rotatable bonds is 3. The Morgan fingerprint density at radius 3 is 2.04 bits per heavy atom. The fraction of sp³-hybridized carbons (Fsp3) is 0.588. The standard InChI is InChI=1S/C17H24N2O4S/c20-17(18-11-13-23-14-12-18)15-5-7-16(8-6-15)24(21,22)19-9-3-1-2-4-10-19/h5-8H,1-4,9-14H2. The quantitative estimate of drug-likeness (QED) is 0.831. The summed E-state index contributed by atoms with van der Waals surface area (Å²) in [6.07, 6.45) is 3.98. The third-order valence-electron chi connectivity index (χ3n) is 4.60. The number of nitrogens with zero attached hydrogens (tertiary/aromatic N) is 2. The van der Waals surface area contributed by atoms with Gasteiger partial charge >= 0.3 is 0 Å². The van der Waals surface area contributed by atoms with Crippen molar-refractivity contribution in [1.82, 2.24) is 9.21 Å². The number of hydrogen-bond acceptors (Lipinski definition) is 4. The molecule has 1 aromatic carbocycles. The predicted octanol–water partition coefficient (Wildman–Crippen LogP) is 1.72. The minimum atomic E-state index is -3.46. The SMILES string of the molecule is O=C(c1ccc(S(=O)(=O)N2CCCCCC2)cc1)N1CCOCC1. The van der Waals surface area contributed by atoms with Gasteiger partial charge in [0.05, 0.1) is 18.1 Å². The Balaban J connectivity index is 1.74. The first-order valence-electron chi connectivity index (χ1n) is 8.56. The highest BCUT2D eigenvalue weighted by molar-refractivity contribution is 7.89. The molecule has 0 bridgehead atoms. The summed E-state index contributed by atoms with van der Waals surface area (Å²) in [4.78, 5) is 14.4. The van der Waals surface area contributed by atoms with Crippen LogP contribution in [0.3, 0.4) is 0 Å². The number of ether oxygens (including phenoxy) is 1. The summed E-state index contributed by atoms with van der Waals surface area (Å²) in [6.45, 7) is 3.41. The van der Waals surface area contributed by atoms with E-state index in [-0.39, 0.29) is 10.8 Å². The first-order valence-corrected chi connectivity index (χ1v) is 10.0. The molecule has 0 aliphatic carbocycles. The largest absolute Gasteiger partial charge is 0.378 e. The molecular formula is C17H24N2O4S. The van der Waals surface area contributed by atoms with Crippen LogP contribution in [0.25, 0.3) is 0 Å². The molecule has 0 radical (unpaired) electrons. The van der Waals surface area contributed by atoms with Crippen LogP contribution >= 0.6 is 0 Å². The summed E-state index contributed by atoms with van der Waals surface area (Å²) in [6, 6.07) is 6.33. The Bertz CT molecular complexity index is 658. The molecule has 24 heavy (non-hydrogen) atoms. The molecular weight excluding hydrogens is 328 g/mol. The van der Waals surface area contributed by atoms with Crippen LogP contribution in [0.4, 0.5) is 0 Å². The zero-order chi connectivity index (χ0) is 17.0. The molecule has 0 atom stereocenters. The molecule has 0 spiro atoms. The molecule has 0 unspecified atom stereocenters. The Morgan fingerprint density at radius 1 is 0.875 bits per heavy atom. The van der Waals surface area contributed by atoms with Crippen LogP contribution in [-0.2, 0) is 14.8 Å². The van der Waals surface area contributed by atoms with Gasteiger partial charge < -0.3 is 9.64 Å². The van der Waals surface area contributed by atoms with Crippen molar-refractivity contribution >= 4 is 15.9 Å². The lowest BCUT2D eigenvalue weighted by Crippen LogP contribution is -2.40. The minimum absolute atomic E-state index is 0.0722. The first kappa shape index (κ1) is 17.4. The molecule has 1 amide bonds. The van der Waals surface area contributed by atoms with E-state index in [4.69, 9.17) is 4.74 Å². The first-order chi connectivity index (χ1) is 11.6. The molecule has 132 valence electrons. The van der Waals surface area contributed by atoms with Crippen LogP contribution in [0.15, 0.2) is 29.2 Å². The van der Waals surface area contributed by atoms with E-state index in [2.05, 4.69) is 0 Å². The van der Waals surface area contributed by atoms with Gasteiger partial charge in [0, 0.05) is 31.7 Å². The van der Waals surface area contributed by atoms with Gasteiger partial charge in [-0.15, -0.1) is 0 Å². The van der Waals surface area contributed by atoms with Crippen molar-refractivity contribution in [2.75, 3.05) is 39.4 Å². The minimum Gasteiger partial charge on any atom is -0.378 e. The number of hydrogen-bond donors (Lipinski definition) is 0. The highest BCUT2D eigenvalue weighted by Crippen LogP contribution is 2.21. The summed E-state index contributed by atoms with van der Waals surface area (Å²) < 4.78 is 32.3. The van der Waals surface area contributed by atoms with Crippen LogP contribution < -0.4 is 0 Å². The molecule has 0 aromatic heterocycles. The molecule has 7 heteroatoms. The monoisotopic (exact) mass is 352 g/mol. The van der Waals surface area contributed by atoms with E-state index in [1.807, 2.05) is 0 Å². The predicted molar refractivity (Wildman–Crippen MR) is 90.4 cm³/mol. The summed E-state index contributed by atoms with van der Waals surface area (Å²) >= 11 is 0. The Hall–Kier alpha value is -1.44. The lowest BCUT2D eigenvalue weighted by molar-refractivity contribution is 0.0303. The van der Waals surface area contributed by atoms with Crippen LogP contribution in [0, 0.1) is 0 Å². The molecule has 3 rings (SSSR count). The van der Waals surface area contributed by atoms with Crippen LogP contribution in [0.2, 0.25) is 0 Å². The molecule has 2 aliphatic heterocycles. The summed E-state index contributed by atoms with van der Waals surface area (Å²) in [7, 11) is -3.46. The van der Waals surface area contributed by atoms with E-state index >= 15 is 0 Å². The maximum atomic E-state index is 12.7. The van der Waals surface area contributed by atoms with Gasteiger partial charge in [0.1, 0.15) is 0 Å². The Labute approximate surface area is 143 Å². The average Bonchev–Trinajstić information content (AvgIpc) is 2.92. The number of sulfonamides is 1.